The monoisotopic (exact) mass is 376 g/mol. The third-order valence-corrected chi connectivity index (χ3v) is 5.64. The molecule has 0 amide bonds. The van der Waals surface area contributed by atoms with Crippen molar-refractivity contribution in [2.45, 2.75) is 105 Å². The van der Waals surface area contributed by atoms with Crippen LogP contribution in [-0.4, -0.2) is 30.7 Å². The highest BCUT2D eigenvalue weighted by Crippen LogP contribution is 2.16. The van der Waals surface area contributed by atoms with Gasteiger partial charge in [-0.05, 0) is 84.0 Å². The van der Waals surface area contributed by atoms with Gasteiger partial charge in [0.1, 0.15) is 0 Å². The fourth-order valence-corrected chi connectivity index (χ4v) is 3.79. The molecular formula is C26H50N+. The highest BCUT2D eigenvalue weighted by atomic mass is 15.3. The van der Waals surface area contributed by atoms with Gasteiger partial charge in [-0.15, -0.1) is 0 Å². The van der Waals surface area contributed by atoms with Crippen LogP contribution >= 0.6 is 0 Å². The molecule has 0 N–H and O–H groups in total. The molecule has 0 aromatic carbocycles. The second-order valence-corrected chi connectivity index (χ2v) is 7.95. The highest BCUT2D eigenvalue weighted by Gasteiger charge is 2.23. The lowest BCUT2D eigenvalue weighted by molar-refractivity contribution is -0.927. The van der Waals surface area contributed by atoms with Crippen molar-refractivity contribution in [1.82, 2.24) is 0 Å². The normalized spacial score (nSPS) is 12.9. The molecule has 0 fully saturated rings. The first-order chi connectivity index (χ1) is 13.2. The van der Waals surface area contributed by atoms with Crippen molar-refractivity contribution in [1.29, 1.82) is 0 Å². The predicted octanol–water partition coefficient (Wildman–Crippen LogP) is 8.23. The zero-order chi connectivity index (χ0) is 20.1. The lowest BCUT2D eigenvalue weighted by Gasteiger charge is -2.38. The summed E-state index contributed by atoms with van der Waals surface area (Å²) in [4.78, 5) is 0. The van der Waals surface area contributed by atoms with E-state index < -0.39 is 0 Å². The van der Waals surface area contributed by atoms with Gasteiger partial charge in [-0.1, -0.05) is 57.2 Å². The quantitative estimate of drug-likeness (QED) is 0.121. The minimum Gasteiger partial charge on any atom is -0.324 e. The molecule has 0 bridgehead atoms. The topological polar surface area (TPSA) is 0 Å². The van der Waals surface area contributed by atoms with Gasteiger partial charge < -0.3 is 4.48 Å². The number of quaternary nitrogens is 1. The Labute approximate surface area is 172 Å². The molecule has 0 aliphatic carbocycles. The SMILES string of the molecule is CC/C=C/CCCC[N+](CC)(CCCC/C=C/CC)CCCC/C=C/CC. The summed E-state index contributed by atoms with van der Waals surface area (Å²) in [6, 6.07) is 0. The summed E-state index contributed by atoms with van der Waals surface area (Å²) in [5, 5.41) is 0. The molecule has 0 spiro atoms. The molecule has 27 heavy (non-hydrogen) atoms. The first kappa shape index (κ1) is 26.2. The van der Waals surface area contributed by atoms with Gasteiger partial charge in [0.2, 0.25) is 0 Å². The van der Waals surface area contributed by atoms with Gasteiger partial charge in [0, 0.05) is 0 Å². The number of hydrogen-bond acceptors (Lipinski definition) is 0. The molecule has 0 unspecified atom stereocenters. The maximum Gasteiger partial charge on any atom is 0.0786 e. The Hall–Kier alpha value is -0.820. The van der Waals surface area contributed by atoms with Crippen molar-refractivity contribution < 1.29 is 4.48 Å². The van der Waals surface area contributed by atoms with Crippen LogP contribution in [0.15, 0.2) is 36.5 Å². The van der Waals surface area contributed by atoms with Crippen molar-refractivity contribution in [3.8, 4) is 0 Å². The third-order valence-electron chi connectivity index (χ3n) is 5.64. The Morgan fingerprint density at radius 1 is 0.444 bits per heavy atom. The molecule has 0 aliphatic heterocycles. The molecular weight excluding hydrogens is 326 g/mol. The van der Waals surface area contributed by atoms with Crippen LogP contribution in [0.1, 0.15) is 105 Å². The lowest BCUT2D eigenvalue weighted by atomic mass is 10.1. The van der Waals surface area contributed by atoms with Gasteiger partial charge in [0.05, 0.1) is 26.2 Å². The summed E-state index contributed by atoms with van der Waals surface area (Å²) in [7, 11) is 0. The fraction of sp³-hybridized carbons (Fsp3) is 0.769. The van der Waals surface area contributed by atoms with Crippen molar-refractivity contribution in [2.75, 3.05) is 26.2 Å². The van der Waals surface area contributed by atoms with E-state index in [0.29, 0.717) is 0 Å². The van der Waals surface area contributed by atoms with Gasteiger partial charge in [0.25, 0.3) is 0 Å². The van der Waals surface area contributed by atoms with Crippen LogP contribution in [0.2, 0.25) is 0 Å². The molecule has 0 saturated heterocycles. The average Bonchev–Trinajstić information content (AvgIpc) is 2.69. The van der Waals surface area contributed by atoms with Gasteiger partial charge in [-0.25, -0.2) is 0 Å². The van der Waals surface area contributed by atoms with E-state index in [-0.39, 0.29) is 0 Å². The summed E-state index contributed by atoms with van der Waals surface area (Å²) in [6.07, 6.45) is 29.6. The molecule has 0 radical (unpaired) electrons. The van der Waals surface area contributed by atoms with E-state index in [1.165, 1.54) is 108 Å². The molecule has 158 valence electrons. The summed E-state index contributed by atoms with van der Waals surface area (Å²) in [6.45, 7) is 14.5. The number of rotatable bonds is 19. The summed E-state index contributed by atoms with van der Waals surface area (Å²) in [5.41, 5.74) is 0. The van der Waals surface area contributed by atoms with Gasteiger partial charge in [-0.2, -0.15) is 0 Å². The first-order valence-electron chi connectivity index (χ1n) is 12.0. The van der Waals surface area contributed by atoms with Crippen LogP contribution in [-0.2, 0) is 0 Å². The van der Waals surface area contributed by atoms with E-state index in [9.17, 15) is 0 Å². The van der Waals surface area contributed by atoms with E-state index in [4.69, 9.17) is 0 Å². The Balaban J connectivity index is 4.40. The molecule has 0 aromatic heterocycles. The second-order valence-electron chi connectivity index (χ2n) is 7.95. The van der Waals surface area contributed by atoms with Crippen LogP contribution in [0.3, 0.4) is 0 Å². The summed E-state index contributed by atoms with van der Waals surface area (Å²) < 4.78 is 1.35. The Morgan fingerprint density at radius 2 is 0.778 bits per heavy atom. The lowest BCUT2D eigenvalue weighted by Crippen LogP contribution is -2.50. The Kier molecular flexibility index (Phi) is 19.3. The standard InChI is InChI=1S/C26H50N/c1-5-9-12-15-18-21-24-27(8-4,25-22-19-16-13-10-6-2)26-23-20-17-14-11-7-3/h9-14H,5-8,15-26H2,1-4H3/q+1/b12-9+,13-10+,14-11+. The zero-order valence-electron chi connectivity index (χ0n) is 19.2. The molecule has 0 aliphatic rings. The minimum absolute atomic E-state index is 1.17. The Morgan fingerprint density at radius 3 is 1.04 bits per heavy atom. The molecule has 0 rings (SSSR count). The van der Waals surface area contributed by atoms with Crippen molar-refractivity contribution >= 4 is 0 Å². The number of nitrogens with zero attached hydrogens (tertiary/aromatic N) is 1. The van der Waals surface area contributed by atoms with Crippen molar-refractivity contribution in [3.05, 3.63) is 36.5 Å². The number of allylic oxidation sites excluding steroid dienone is 6. The van der Waals surface area contributed by atoms with Crippen LogP contribution in [0.25, 0.3) is 0 Å². The highest BCUT2D eigenvalue weighted by molar-refractivity contribution is 4.81. The number of hydrogen-bond donors (Lipinski definition) is 0. The van der Waals surface area contributed by atoms with E-state index >= 15 is 0 Å². The smallest absolute Gasteiger partial charge is 0.0786 e. The fourth-order valence-electron chi connectivity index (χ4n) is 3.79. The van der Waals surface area contributed by atoms with E-state index in [1.54, 1.807) is 0 Å². The van der Waals surface area contributed by atoms with Gasteiger partial charge in [0.15, 0.2) is 0 Å². The molecule has 0 saturated carbocycles. The zero-order valence-corrected chi connectivity index (χ0v) is 19.2. The van der Waals surface area contributed by atoms with Crippen LogP contribution in [0, 0.1) is 0 Å². The summed E-state index contributed by atoms with van der Waals surface area (Å²) >= 11 is 0. The second kappa shape index (κ2) is 19.9. The van der Waals surface area contributed by atoms with Crippen LogP contribution in [0.5, 0.6) is 0 Å². The predicted molar refractivity (Wildman–Crippen MR) is 125 cm³/mol. The van der Waals surface area contributed by atoms with Gasteiger partial charge in [-0.3, -0.25) is 0 Å². The third kappa shape index (κ3) is 15.9. The maximum atomic E-state index is 2.42. The van der Waals surface area contributed by atoms with Gasteiger partial charge >= 0.3 is 0 Å². The molecule has 1 heteroatoms. The molecule has 1 nitrogen and oxygen atoms in total. The van der Waals surface area contributed by atoms with E-state index in [0.717, 1.165) is 0 Å². The van der Waals surface area contributed by atoms with Crippen LogP contribution in [0.4, 0.5) is 0 Å². The van der Waals surface area contributed by atoms with E-state index in [2.05, 4.69) is 64.2 Å². The Bertz CT molecular complexity index is 323. The summed E-state index contributed by atoms with van der Waals surface area (Å²) in [5.74, 6) is 0. The molecule has 0 heterocycles. The number of unbranched alkanes of at least 4 members (excludes halogenated alkanes) is 6. The molecule has 0 atom stereocenters. The van der Waals surface area contributed by atoms with Crippen molar-refractivity contribution in [2.24, 2.45) is 0 Å². The average molecular weight is 377 g/mol. The maximum absolute atomic E-state index is 2.42. The van der Waals surface area contributed by atoms with Crippen molar-refractivity contribution in [3.63, 3.8) is 0 Å². The minimum atomic E-state index is 1.17. The van der Waals surface area contributed by atoms with E-state index in [1.807, 2.05) is 0 Å². The first-order valence-corrected chi connectivity index (χ1v) is 12.0. The van der Waals surface area contributed by atoms with Crippen LogP contribution < -0.4 is 0 Å². The largest absolute Gasteiger partial charge is 0.324 e. The molecule has 0 aromatic rings.